The molecule has 0 aromatic heterocycles. The van der Waals surface area contributed by atoms with E-state index in [-0.39, 0.29) is 30.0 Å². The molecule has 156 valence electrons. The quantitative estimate of drug-likeness (QED) is 0.637. The van der Waals surface area contributed by atoms with Crippen molar-refractivity contribution in [2.24, 2.45) is 5.92 Å². The maximum atomic E-state index is 12.9. The number of rotatable bonds is 7. The van der Waals surface area contributed by atoms with Crippen molar-refractivity contribution in [3.8, 4) is 0 Å². The Labute approximate surface area is 176 Å². The highest BCUT2D eigenvalue weighted by Crippen LogP contribution is 2.17. The van der Waals surface area contributed by atoms with Crippen molar-refractivity contribution in [1.29, 1.82) is 0 Å². The van der Waals surface area contributed by atoms with Crippen LogP contribution in [0.3, 0.4) is 0 Å². The lowest BCUT2D eigenvalue weighted by molar-refractivity contribution is -0.121. The Kier molecular flexibility index (Phi) is 9.09. The van der Waals surface area contributed by atoms with Crippen LogP contribution >= 0.6 is 12.4 Å². The second kappa shape index (κ2) is 11.5. The van der Waals surface area contributed by atoms with Crippen molar-refractivity contribution in [1.82, 2.24) is 10.6 Å². The first-order chi connectivity index (χ1) is 13.6. The van der Waals surface area contributed by atoms with Crippen LogP contribution < -0.4 is 16.0 Å². The Morgan fingerprint density at radius 3 is 2.31 bits per heavy atom. The van der Waals surface area contributed by atoms with Gasteiger partial charge in [0.05, 0.1) is 0 Å². The Morgan fingerprint density at radius 1 is 1.00 bits per heavy atom. The summed E-state index contributed by atoms with van der Waals surface area (Å²) >= 11 is 0. The molecule has 5 nitrogen and oxygen atoms in total. The van der Waals surface area contributed by atoms with Crippen molar-refractivity contribution in [2.45, 2.75) is 32.2 Å². The first-order valence-corrected chi connectivity index (χ1v) is 9.73. The van der Waals surface area contributed by atoms with Crippen molar-refractivity contribution in [2.75, 3.05) is 18.4 Å². The van der Waals surface area contributed by atoms with Gasteiger partial charge in [-0.3, -0.25) is 9.59 Å². The van der Waals surface area contributed by atoms with E-state index < -0.39 is 0 Å². The molecule has 1 heterocycles. The van der Waals surface area contributed by atoms with E-state index in [0.29, 0.717) is 30.1 Å². The molecule has 0 bridgehead atoms. The minimum absolute atomic E-state index is 0. The minimum Gasteiger partial charge on any atom is -0.352 e. The first-order valence-electron chi connectivity index (χ1n) is 9.73. The number of anilines is 1. The molecule has 0 radical (unpaired) electrons. The van der Waals surface area contributed by atoms with Gasteiger partial charge in [-0.15, -0.1) is 12.4 Å². The van der Waals surface area contributed by atoms with Crippen LogP contribution in [-0.2, 0) is 11.3 Å². The fraction of sp³-hybridized carbons (Fsp3) is 0.364. The van der Waals surface area contributed by atoms with E-state index in [4.69, 9.17) is 0 Å². The number of carbonyl (C=O) groups is 2. The summed E-state index contributed by atoms with van der Waals surface area (Å²) in [4.78, 5) is 24.2. The van der Waals surface area contributed by atoms with Crippen LogP contribution in [-0.4, -0.2) is 24.9 Å². The summed E-state index contributed by atoms with van der Waals surface area (Å²) in [6, 6.07) is 12.7. The number of amides is 2. The van der Waals surface area contributed by atoms with E-state index in [2.05, 4.69) is 16.0 Å². The zero-order chi connectivity index (χ0) is 19.8. The Balaban J connectivity index is 0.00000300. The Hall–Kier alpha value is -2.44. The largest absolute Gasteiger partial charge is 0.352 e. The lowest BCUT2D eigenvalue weighted by Gasteiger charge is -2.22. The number of carbonyl (C=O) groups excluding carboxylic acids is 2. The topological polar surface area (TPSA) is 70.2 Å². The highest BCUT2D eigenvalue weighted by atomic mass is 35.5. The standard InChI is InChI=1S/C22H26FN3O2.ClH/c23-19-6-4-18(5-7-19)22(28)26-20-8-1-17(2-9-20)15-25-21(27)10-3-16-11-13-24-14-12-16;/h1-2,4-9,16,24H,3,10-15H2,(H,25,27)(H,26,28);1H. The van der Waals surface area contributed by atoms with Gasteiger partial charge in [0.1, 0.15) is 5.82 Å². The third-order valence-electron chi connectivity index (χ3n) is 5.05. The first kappa shape index (κ1) is 22.8. The van der Waals surface area contributed by atoms with Gasteiger partial charge in [0.15, 0.2) is 0 Å². The van der Waals surface area contributed by atoms with Gasteiger partial charge in [-0.2, -0.15) is 0 Å². The molecule has 0 atom stereocenters. The monoisotopic (exact) mass is 419 g/mol. The lowest BCUT2D eigenvalue weighted by Crippen LogP contribution is -2.29. The van der Waals surface area contributed by atoms with Gasteiger partial charge >= 0.3 is 0 Å². The fourth-order valence-corrected chi connectivity index (χ4v) is 3.31. The molecule has 1 aliphatic heterocycles. The van der Waals surface area contributed by atoms with Gasteiger partial charge in [0, 0.05) is 24.2 Å². The summed E-state index contributed by atoms with van der Waals surface area (Å²) in [7, 11) is 0. The molecule has 1 saturated heterocycles. The number of piperidine rings is 1. The zero-order valence-corrected chi connectivity index (χ0v) is 17.1. The molecule has 2 aromatic carbocycles. The summed E-state index contributed by atoms with van der Waals surface area (Å²) in [5.74, 6) is 0.0564. The molecule has 0 spiro atoms. The van der Waals surface area contributed by atoms with E-state index >= 15 is 0 Å². The second-order valence-electron chi connectivity index (χ2n) is 7.17. The van der Waals surface area contributed by atoms with Crippen molar-refractivity contribution in [3.63, 3.8) is 0 Å². The summed E-state index contributed by atoms with van der Waals surface area (Å²) in [5.41, 5.74) is 2.01. The fourth-order valence-electron chi connectivity index (χ4n) is 3.31. The van der Waals surface area contributed by atoms with Gasteiger partial charge in [-0.25, -0.2) is 4.39 Å². The van der Waals surface area contributed by atoms with Gasteiger partial charge in [0.2, 0.25) is 5.91 Å². The summed E-state index contributed by atoms with van der Waals surface area (Å²) in [6.07, 6.45) is 3.81. The number of hydrogen-bond acceptors (Lipinski definition) is 3. The molecule has 0 saturated carbocycles. The molecule has 0 unspecified atom stereocenters. The van der Waals surface area contributed by atoms with E-state index in [1.54, 1.807) is 12.1 Å². The zero-order valence-electron chi connectivity index (χ0n) is 16.2. The van der Waals surface area contributed by atoms with E-state index in [9.17, 15) is 14.0 Å². The molecule has 3 N–H and O–H groups in total. The van der Waals surface area contributed by atoms with E-state index in [0.717, 1.165) is 37.9 Å². The van der Waals surface area contributed by atoms with E-state index in [1.807, 2.05) is 12.1 Å². The Bertz CT molecular complexity index is 791. The van der Waals surface area contributed by atoms with Gasteiger partial charge in [-0.05, 0) is 80.2 Å². The number of nitrogens with one attached hydrogen (secondary N) is 3. The summed E-state index contributed by atoms with van der Waals surface area (Å²) < 4.78 is 12.9. The second-order valence-corrected chi connectivity index (χ2v) is 7.17. The predicted molar refractivity (Wildman–Crippen MR) is 115 cm³/mol. The molecule has 2 aromatic rings. The molecule has 29 heavy (non-hydrogen) atoms. The van der Waals surface area contributed by atoms with Gasteiger partial charge < -0.3 is 16.0 Å². The minimum atomic E-state index is -0.376. The lowest BCUT2D eigenvalue weighted by atomic mass is 9.93. The van der Waals surface area contributed by atoms with Crippen molar-refractivity contribution >= 4 is 29.9 Å². The van der Waals surface area contributed by atoms with Crippen molar-refractivity contribution in [3.05, 3.63) is 65.5 Å². The third-order valence-corrected chi connectivity index (χ3v) is 5.05. The van der Waals surface area contributed by atoms with Crippen LogP contribution in [0.4, 0.5) is 10.1 Å². The normalized spacial score (nSPS) is 14.0. The predicted octanol–water partition coefficient (Wildman–Crippen LogP) is 3.90. The number of halogens is 2. The van der Waals surface area contributed by atoms with Gasteiger partial charge in [0.25, 0.3) is 5.91 Å². The van der Waals surface area contributed by atoms with E-state index in [1.165, 1.54) is 24.3 Å². The molecule has 7 heteroatoms. The Morgan fingerprint density at radius 2 is 1.66 bits per heavy atom. The average Bonchev–Trinajstić information content (AvgIpc) is 2.73. The molecule has 0 aliphatic carbocycles. The number of benzene rings is 2. The van der Waals surface area contributed by atoms with Crippen LogP contribution in [0.25, 0.3) is 0 Å². The maximum absolute atomic E-state index is 12.9. The van der Waals surface area contributed by atoms with Crippen molar-refractivity contribution < 1.29 is 14.0 Å². The summed E-state index contributed by atoms with van der Waals surface area (Å²) in [5, 5.41) is 9.06. The summed E-state index contributed by atoms with van der Waals surface area (Å²) in [6.45, 7) is 2.57. The third kappa shape index (κ3) is 7.48. The molecular formula is C22H27ClFN3O2. The smallest absolute Gasteiger partial charge is 0.255 e. The highest BCUT2D eigenvalue weighted by Gasteiger charge is 2.14. The highest BCUT2D eigenvalue weighted by molar-refractivity contribution is 6.04. The van der Waals surface area contributed by atoms with Crippen LogP contribution in [0, 0.1) is 11.7 Å². The molecule has 2 amide bonds. The van der Waals surface area contributed by atoms with Crippen LogP contribution in [0.1, 0.15) is 41.6 Å². The molecule has 1 aliphatic rings. The molecular weight excluding hydrogens is 393 g/mol. The van der Waals surface area contributed by atoms with Gasteiger partial charge in [-0.1, -0.05) is 12.1 Å². The maximum Gasteiger partial charge on any atom is 0.255 e. The number of hydrogen-bond donors (Lipinski definition) is 3. The molecule has 3 rings (SSSR count). The van der Waals surface area contributed by atoms with Crippen LogP contribution in [0.5, 0.6) is 0 Å². The SMILES string of the molecule is Cl.O=C(CCC1CCNCC1)NCc1ccc(NC(=O)c2ccc(F)cc2)cc1. The van der Waals surface area contributed by atoms with Crippen LogP contribution in [0.15, 0.2) is 48.5 Å². The average molecular weight is 420 g/mol. The van der Waals surface area contributed by atoms with Crippen LogP contribution in [0.2, 0.25) is 0 Å². The molecule has 1 fully saturated rings.